The maximum absolute atomic E-state index is 11.3. The second kappa shape index (κ2) is 5.90. The van der Waals surface area contributed by atoms with E-state index in [1.807, 2.05) is 13.8 Å². The summed E-state index contributed by atoms with van der Waals surface area (Å²) in [5, 5.41) is 2.62. The van der Waals surface area contributed by atoms with Crippen molar-refractivity contribution in [2.24, 2.45) is 0 Å². The second-order valence-corrected chi connectivity index (χ2v) is 5.11. The molecule has 1 amide bonds. The van der Waals surface area contributed by atoms with Crippen molar-refractivity contribution in [3.8, 4) is 0 Å². The van der Waals surface area contributed by atoms with Gasteiger partial charge in [0.1, 0.15) is 24.9 Å². The van der Waals surface area contributed by atoms with E-state index in [-0.39, 0.29) is 24.9 Å². The Morgan fingerprint density at radius 3 is 3.00 bits per heavy atom. The molecule has 0 radical (unpaired) electrons. The van der Waals surface area contributed by atoms with Crippen molar-refractivity contribution in [3.63, 3.8) is 0 Å². The third kappa shape index (κ3) is 4.19. The lowest BCUT2D eigenvalue weighted by molar-refractivity contribution is -0.140. The largest absolute Gasteiger partial charge is 0.447 e. The van der Waals surface area contributed by atoms with Gasteiger partial charge in [-0.15, -0.1) is 6.58 Å². The topological polar surface area (TPSA) is 69.3 Å². The number of amides is 1. The van der Waals surface area contributed by atoms with E-state index in [1.54, 1.807) is 6.08 Å². The first kappa shape index (κ1) is 14.3. The molecule has 3 atom stereocenters. The Labute approximate surface area is 113 Å². The van der Waals surface area contributed by atoms with E-state index in [0.29, 0.717) is 13.2 Å². The van der Waals surface area contributed by atoms with Gasteiger partial charge in [-0.1, -0.05) is 6.08 Å². The lowest BCUT2D eigenvalue weighted by Crippen LogP contribution is -2.28. The molecule has 2 fully saturated rings. The van der Waals surface area contributed by atoms with Gasteiger partial charge >= 0.3 is 6.09 Å². The smallest absolute Gasteiger partial charge is 0.407 e. The monoisotopic (exact) mass is 271 g/mol. The fourth-order valence-corrected chi connectivity index (χ4v) is 1.98. The summed E-state index contributed by atoms with van der Waals surface area (Å²) in [6.45, 7) is 8.59. The Kier molecular flexibility index (Phi) is 4.44. The highest BCUT2D eigenvalue weighted by Gasteiger charge is 2.51. The van der Waals surface area contributed by atoms with Gasteiger partial charge in [0.2, 0.25) is 0 Å². The van der Waals surface area contributed by atoms with Crippen LogP contribution in [0, 0.1) is 0 Å². The van der Waals surface area contributed by atoms with Gasteiger partial charge in [0, 0.05) is 6.54 Å². The highest BCUT2D eigenvalue weighted by atomic mass is 16.8. The Bertz CT molecular complexity index is 344. The van der Waals surface area contributed by atoms with Crippen LogP contribution in [0.4, 0.5) is 4.79 Å². The van der Waals surface area contributed by atoms with Crippen molar-refractivity contribution in [2.75, 3.05) is 19.8 Å². The number of nitrogens with one attached hydrogen (secondary N) is 1. The number of carbonyl (C=O) groups excluding carboxylic acids is 1. The van der Waals surface area contributed by atoms with Crippen LogP contribution >= 0.6 is 0 Å². The molecule has 6 heteroatoms. The van der Waals surface area contributed by atoms with Crippen LogP contribution in [0.5, 0.6) is 0 Å². The Morgan fingerprint density at radius 1 is 1.58 bits per heavy atom. The first-order chi connectivity index (χ1) is 9.02. The van der Waals surface area contributed by atoms with Crippen LogP contribution in [0.15, 0.2) is 12.7 Å². The third-order valence-electron chi connectivity index (χ3n) is 3.02. The molecule has 0 unspecified atom stereocenters. The summed E-state index contributed by atoms with van der Waals surface area (Å²) in [5.41, 5.74) is 0. The molecule has 2 aliphatic rings. The molecule has 0 aromatic heterocycles. The van der Waals surface area contributed by atoms with Crippen molar-refractivity contribution >= 4 is 6.09 Å². The fraction of sp³-hybridized carbons (Fsp3) is 0.769. The molecular weight excluding hydrogens is 250 g/mol. The zero-order chi connectivity index (χ0) is 13.9. The minimum Gasteiger partial charge on any atom is -0.447 e. The van der Waals surface area contributed by atoms with Crippen molar-refractivity contribution in [3.05, 3.63) is 12.7 Å². The van der Waals surface area contributed by atoms with Gasteiger partial charge in [0.25, 0.3) is 0 Å². The molecule has 2 saturated heterocycles. The second-order valence-electron chi connectivity index (χ2n) is 5.11. The SMILES string of the molecule is C=CCCNC(=O)OC[C@@H]1O[C@H]1[C@H]1COC(C)(C)O1. The van der Waals surface area contributed by atoms with E-state index in [1.165, 1.54) is 0 Å². The average Bonchev–Trinajstić information content (AvgIpc) is 3.04. The van der Waals surface area contributed by atoms with Crippen LogP contribution in [-0.2, 0) is 18.9 Å². The van der Waals surface area contributed by atoms with Gasteiger partial charge in [-0.2, -0.15) is 0 Å². The Hall–Kier alpha value is -1.11. The van der Waals surface area contributed by atoms with E-state index in [2.05, 4.69) is 11.9 Å². The first-order valence-corrected chi connectivity index (χ1v) is 6.50. The predicted molar refractivity (Wildman–Crippen MR) is 67.7 cm³/mol. The normalized spacial score (nSPS) is 31.8. The van der Waals surface area contributed by atoms with Gasteiger partial charge in [0.05, 0.1) is 6.61 Å². The summed E-state index contributed by atoms with van der Waals surface area (Å²) >= 11 is 0. The molecule has 6 nitrogen and oxygen atoms in total. The standard InChI is InChI=1S/C13H21NO5/c1-4-5-6-14-12(15)16-7-9-11(18-9)10-8-17-13(2,3)19-10/h4,9-11H,1,5-8H2,2-3H3,(H,14,15)/t9-,10+,11+/m0/s1. The van der Waals surface area contributed by atoms with E-state index < -0.39 is 11.9 Å². The highest BCUT2D eigenvalue weighted by Crippen LogP contribution is 2.34. The Balaban J connectivity index is 1.59. The highest BCUT2D eigenvalue weighted by molar-refractivity contribution is 5.67. The zero-order valence-electron chi connectivity index (χ0n) is 11.4. The fourth-order valence-electron chi connectivity index (χ4n) is 1.98. The maximum atomic E-state index is 11.3. The number of ether oxygens (including phenoxy) is 4. The summed E-state index contributed by atoms with van der Waals surface area (Å²) in [5.74, 6) is -0.552. The van der Waals surface area contributed by atoms with Crippen LogP contribution in [0.1, 0.15) is 20.3 Å². The van der Waals surface area contributed by atoms with Crippen molar-refractivity contribution in [1.29, 1.82) is 0 Å². The lowest BCUT2D eigenvalue weighted by Gasteiger charge is -2.16. The van der Waals surface area contributed by atoms with Crippen LogP contribution in [0.3, 0.4) is 0 Å². The zero-order valence-corrected chi connectivity index (χ0v) is 11.4. The summed E-state index contributed by atoms with van der Waals surface area (Å²) < 4.78 is 21.6. The summed E-state index contributed by atoms with van der Waals surface area (Å²) in [6, 6.07) is 0. The third-order valence-corrected chi connectivity index (χ3v) is 3.02. The molecule has 1 N–H and O–H groups in total. The molecule has 0 aliphatic carbocycles. The molecule has 2 heterocycles. The van der Waals surface area contributed by atoms with Gasteiger partial charge in [-0.3, -0.25) is 0 Å². The number of hydrogen-bond donors (Lipinski definition) is 1. The van der Waals surface area contributed by atoms with Crippen LogP contribution in [0.25, 0.3) is 0 Å². The van der Waals surface area contributed by atoms with Crippen LogP contribution < -0.4 is 5.32 Å². The van der Waals surface area contributed by atoms with Crippen molar-refractivity contribution in [1.82, 2.24) is 5.32 Å². The van der Waals surface area contributed by atoms with Gasteiger partial charge < -0.3 is 24.3 Å². The number of alkyl carbamates (subject to hydrolysis) is 1. The first-order valence-electron chi connectivity index (χ1n) is 6.50. The molecule has 0 saturated carbocycles. The molecule has 2 rings (SSSR count). The molecule has 0 bridgehead atoms. The molecule has 0 aromatic carbocycles. The number of hydrogen-bond acceptors (Lipinski definition) is 5. The van der Waals surface area contributed by atoms with Gasteiger partial charge in [0.15, 0.2) is 5.79 Å². The average molecular weight is 271 g/mol. The lowest BCUT2D eigenvalue weighted by atomic mass is 10.2. The molecular formula is C13H21NO5. The number of carbonyl (C=O) groups is 1. The summed E-state index contributed by atoms with van der Waals surface area (Å²) in [6.07, 6.45) is 1.82. The summed E-state index contributed by atoms with van der Waals surface area (Å²) in [7, 11) is 0. The molecule has 0 aromatic rings. The molecule has 0 spiro atoms. The van der Waals surface area contributed by atoms with Gasteiger partial charge in [-0.25, -0.2) is 4.79 Å². The molecule has 2 aliphatic heterocycles. The Morgan fingerprint density at radius 2 is 2.37 bits per heavy atom. The quantitative estimate of drug-likeness (QED) is 0.447. The van der Waals surface area contributed by atoms with E-state index in [4.69, 9.17) is 18.9 Å². The van der Waals surface area contributed by atoms with Crippen molar-refractivity contribution in [2.45, 2.75) is 44.4 Å². The minimum absolute atomic E-state index is 0.0391. The molecule has 19 heavy (non-hydrogen) atoms. The van der Waals surface area contributed by atoms with E-state index >= 15 is 0 Å². The number of epoxide rings is 1. The van der Waals surface area contributed by atoms with Crippen LogP contribution in [0.2, 0.25) is 0 Å². The van der Waals surface area contributed by atoms with Crippen molar-refractivity contribution < 1.29 is 23.7 Å². The number of rotatable bonds is 6. The predicted octanol–water partition coefficient (Wildman–Crippen LogP) is 1.21. The molecule has 108 valence electrons. The maximum Gasteiger partial charge on any atom is 0.407 e. The van der Waals surface area contributed by atoms with E-state index in [0.717, 1.165) is 6.42 Å². The van der Waals surface area contributed by atoms with Gasteiger partial charge in [-0.05, 0) is 20.3 Å². The van der Waals surface area contributed by atoms with E-state index in [9.17, 15) is 4.79 Å². The minimum atomic E-state index is -0.552. The summed E-state index contributed by atoms with van der Waals surface area (Å²) in [4.78, 5) is 11.3. The van der Waals surface area contributed by atoms with Crippen LogP contribution in [-0.4, -0.2) is 50.0 Å².